The molecule has 0 radical (unpaired) electrons. The molecule has 0 aliphatic carbocycles. The summed E-state index contributed by atoms with van der Waals surface area (Å²) in [4.78, 5) is 31.2. The number of alkyl halides is 3. The van der Waals surface area contributed by atoms with Crippen LogP contribution in [-0.2, 0) is 6.54 Å². The Morgan fingerprint density at radius 2 is 2.00 bits per heavy atom. The van der Waals surface area contributed by atoms with Gasteiger partial charge in [-0.2, -0.15) is 9.61 Å². The average molecular weight is 403 g/mol. The number of pyridine rings is 1. The monoisotopic (exact) mass is 403 g/mol. The first-order chi connectivity index (χ1) is 13.8. The second kappa shape index (κ2) is 6.93. The molecular formula is C18H12F3N5O3. The summed E-state index contributed by atoms with van der Waals surface area (Å²) in [6, 6.07) is 10.1. The molecule has 11 heteroatoms. The van der Waals surface area contributed by atoms with Crippen molar-refractivity contribution in [1.82, 2.24) is 24.9 Å². The van der Waals surface area contributed by atoms with Crippen LogP contribution >= 0.6 is 0 Å². The molecule has 4 rings (SSSR count). The van der Waals surface area contributed by atoms with E-state index < -0.39 is 23.7 Å². The van der Waals surface area contributed by atoms with Crippen molar-refractivity contribution in [3.8, 4) is 5.75 Å². The minimum Gasteiger partial charge on any atom is -0.405 e. The number of nitrogens with zero attached hydrogens (tertiary/aromatic N) is 3. The highest BCUT2D eigenvalue weighted by atomic mass is 19.4. The van der Waals surface area contributed by atoms with Gasteiger partial charge in [0, 0.05) is 11.6 Å². The van der Waals surface area contributed by atoms with Crippen LogP contribution in [0.25, 0.3) is 16.6 Å². The Bertz CT molecular complexity index is 1280. The first kappa shape index (κ1) is 18.5. The maximum absolute atomic E-state index is 12.5. The number of hydrogen-bond donors (Lipinski definition) is 2. The summed E-state index contributed by atoms with van der Waals surface area (Å²) in [6.07, 6.45) is -3.39. The number of fused-ring (bicyclic) bond motifs is 3. The maximum Gasteiger partial charge on any atom is 0.573 e. The first-order valence-electron chi connectivity index (χ1n) is 8.30. The quantitative estimate of drug-likeness (QED) is 0.545. The Kier molecular flexibility index (Phi) is 4.41. The Morgan fingerprint density at radius 1 is 1.21 bits per heavy atom. The van der Waals surface area contributed by atoms with Gasteiger partial charge in [0.05, 0.1) is 23.3 Å². The van der Waals surface area contributed by atoms with E-state index in [0.29, 0.717) is 22.2 Å². The number of amides is 1. The molecule has 0 saturated heterocycles. The number of carbonyl (C=O) groups is 1. The number of halogens is 3. The third-order valence-corrected chi connectivity index (χ3v) is 4.05. The fraction of sp³-hybridized carbons (Fsp3) is 0.111. The van der Waals surface area contributed by atoms with Gasteiger partial charge in [0.1, 0.15) is 11.4 Å². The third kappa shape index (κ3) is 3.74. The fourth-order valence-corrected chi connectivity index (χ4v) is 2.86. The van der Waals surface area contributed by atoms with Crippen LogP contribution in [0.3, 0.4) is 0 Å². The van der Waals surface area contributed by atoms with Crippen LogP contribution in [0.2, 0.25) is 0 Å². The SMILES string of the molecule is O=C(NCc1cc2c3cccnc3[nH]c(=O)n2n1)c1ccccc1OC(F)(F)F. The molecule has 3 heterocycles. The van der Waals surface area contributed by atoms with Gasteiger partial charge in [0.2, 0.25) is 0 Å². The van der Waals surface area contributed by atoms with Gasteiger partial charge in [-0.15, -0.1) is 13.2 Å². The summed E-state index contributed by atoms with van der Waals surface area (Å²) in [6.45, 7) is -0.109. The molecule has 0 aliphatic rings. The number of carbonyl (C=O) groups excluding carboxylic acids is 1. The van der Waals surface area contributed by atoms with E-state index in [2.05, 4.69) is 25.1 Å². The predicted molar refractivity (Wildman–Crippen MR) is 95.4 cm³/mol. The summed E-state index contributed by atoms with van der Waals surface area (Å²) in [5, 5.41) is 7.26. The average Bonchev–Trinajstić information content (AvgIpc) is 3.11. The van der Waals surface area contributed by atoms with Gasteiger partial charge in [0.25, 0.3) is 5.91 Å². The van der Waals surface area contributed by atoms with Crippen molar-refractivity contribution in [2.24, 2.45) is 0 Å². The zero-order chi connectivity index (χ0) is 20.6. The lowest BCUT2D eigenvalue weighted by atomic mass is 10.2. The minimum atomic E-state index is -4.92. The molecule has 1 amide bonds. The second-order valence-electron chi connectivity index (χ2n) is 5.99. The van der Waals surface area contributed by atoms with E-state index in [0.717, 1.165) is 10.6 Å². The summed E-state index contributed by atoms with van der Waals surface area (Å²) in [7, 11) is 0. The van der Waals surface area contributed by atoms with E-state index >= 15 is 0 Å². The second-order valence-corrected chi connectivity index (χ2v) is 5.99. The lowest BCUT2D eigenvalue weighted by Crippen LogP contribution is -2.26. The van der Waals surface area contributed by atoms with Gasteiger partial charge in [-0.05, 0) is 30.3 Å². The number of nitrogens with one attached hydrogen (secondary N) is 2. The molecule has 1 aromatic carbocycles. The largest absolute Gasteiger partial charge is 0.573 e. The Labute approximate surface area is 159 Å². The number of benzene rings is 1. The van der Waals surface area contributed by atoms with Crippen molar-refractivity contribution in [3.05, 3.63) is 70.4 Å². The number of H-pyrrole nitrogens is 1. The van der Waals surface area contributed by atoms with Gasteiger partial charge in [-0.25, -0.2) is 9.78 Å². The summed E-state index contributed by atoms with van der Waals surface area (Å²) in [5.41, 5.74) is 0.434. The molecule has 4 aromatic rings. The molecule has 0 aliphatic heterocycles. The minimum absolute atomic E-state index is 0.109. The van der Waals surface area contributed by atoms with Crippen LogP contribution in [0.15, 0.2) is 53.5 Å². The lowest BCUT2D eigenvalue weighted by molar-refractivity contribution is -0.274. The van der Waals surface area contributed by atoms with Crippen molar-refractivity contribution >= 4 is 22.5 Å². The number of hydrogen-bond acceptors (Lipinski definition) is 5. The number of aromatic amines is 1. The number of ether oxygens (including phenoxy) is 1. The number of rotatable bonds is 4. The van der Waals surface area contributed by atoms with Gasteiger partial charge in [-0.3, -0.25) is 9.78 Å². The molecule has 0 bridgehead atoms. The fourth-order valence-electron chi connectivity index (χ4n) is 2.86. The van der Waals surface area contributed by atoms with E-state index in [1.807, 2.05) is 0 Å². The highest BCUT2D eigenvalue weighted by molar-refractivity contribution is 5.97. The Balaban J connectivity index is 1.59. The molecule has 0 fully saturated rings. The zero-order valence-corrected chi connectivity index (χ0v) is 14.5. The van der Waals surface area contributed by atoms with Crippen molar-refractivity contribution in [2.75, 3.05) is 0 Å². The topological polar surface area (TPSA) is 101 Å². The van der Waals surface area contributed by atoms with Crippen LogP contribution in [0.4, 0.5) is 13.2 Å². The van der Waals surface area contributed by atoms with Crippen LogP contribution in [-0.4, -0.2) is 31.9 Å². The first-order valence-corrected chi connectivity index (χ1v) is 8.30. The van der Waals surface area contributed by atoms with Crippen molar-refractivity contribution in [1.29, 1.82) is 0 Å². The van der Waals surface area contributed by atoms with Crippen molar-refractivity contribution in [3.63, 3.8) is 0 Å². The summed E-state index contributed by atoms with van der Waals surface area (Å²) in [5.74, 6) is -1.39. The molecule has 2 N–H and O–H groups in total. The molecule has 0 spiro atoms. The molecule has 0 saturated carbocycles. The standard InChI is InChI=1S/C18H12F3N5O3/c19-18(20,21)29-14-6-2-1-4-12(14)16(27)23-9-10-8-13-11-5-3-7-22-15(11)24-17(28)26(13)25-10/h1-8H,9H2,(H,23,27)(H,22,24,28). The molecule has 8 nitrogen and oxygen atoms in total. The van der Waals surface area contributed by atoms with Gasteiger partial charge >= 0.3 is 12.1 Å². The van der Waals surface area contributed by atoms with E-state index in [9.17, 15) is 22.8 Å². The smallest absolute Gasteiger partial charge is 0.405 e. The van der Waals surface area contributed by atoms with Crippen LogP contribution in [0.5, 0.6) is 5.75 Å². The van der Waals surface area contributed by atoms with Crippen molar-refractivity contribution < 1.29 is 22.7 Å². The van der Waals surface area contributed by atoms with Crippen LogP contribution in [0, 0.1) is 0 Å². The van der Waals surface area contributed by atoms with Gasteiger partial charge in [0.15, 0.2) is 0 Å². The molecule has 3 aromatic heterocycles. The number of para-hydroxylation sites is 1. The molecule has 29 heavy (non-hydrogen) atoms. The molecule has 148 valence electrons. The molecule has 0 atom stereocenters. The van der Waals surface area contributed by atoms with Gasteiger partial charge < -0.3 is 10.1 Å². The summed E-state index contributed by atoms with van der Waals surface area (Å²) >= 11 is 0. The normalized spacial score (nSPS) is 11.7. The van der Waals surface area contributed by atoms with E-state index in [-0.39, 0.29) is 12.1 Å². The highest BCUT2D eigenvalue weighted by Gasteiger charge is 2.32. The third-order valence-electron chi connectivity index (χ3n) is 4.05. The van der Waals surface area contributed by atoms with Gasteiger partial charge in [-0.1, -0.05) is 12.1 Å². The maximum atomic E-state index is 12.5. The Morgan fingerprint density at radius 3 is 2.79 bits per heavy atom. The summed E-state index contributed by atoms with van der Waals surface area (Å²) < 4.78 is 42.6. The zero-order valence-electron chi connectivity index (χ0n) is 14.5. The predicted octanol–water partition coefficient (Wildman–Crippen LogP) is 2.40. The van der Waals surface area contributed by atoms with Crippen molar-refractivity contribution in [2.45, 2.75) is 12.9 Å². The van der Waals surface area contributed by atoms with E-state index in [1.54, 1.807) is 18.2 Å². The number of aromatic nitrogens is 4. The van der Waals surface area contributed by atoms with E-state index in [1.165, 1.54) is 24.4 Å². The lowest BCUT2D eigenvalue weighted by Gasteiger charge is -2.12. The van der Waals surface area contributed by atoms with E-state index in [4.69, 9.17) is 0 Å². The van der Waals surface area contributed by atoms with Crippen LogP contribution in [0.1, 0.15) is 16.1 Å². The highest BCUT2D eigenvalue weighted by Crippen LogP contribution is 2.26. The Hall–Kier alpha value is -3.89. The molecule has 0 unspecified atom stereocenters. The van der Waals surface area contributed by atoms with Crippen LogP contribution < -0.4 is 15.7 Å². The molecular weight excluding hydrogens is 391 g/mol.